The number of hydrogen-bond acceptors (Lipinski definition) is 6. The molecular formula is C11H17ClN6. The summed E-state index contributed by atoms with van der Waals surface area (Å²) in [6.07, 6.45) is 3.70. The van der Waals surface area contributed by atoms with Gasteiger partial charge < -0.3 is 10.6 Å². The summed E-state index contributed by atoms with van der Waals surface area (Å²) in [5, 5.41) is 6.50. The zero-order valence-corrected chi connectivity index (χ0v) is 11.1. The minimum atomic E-state index is 0.220. The van der Waals surface area contributed by atoms with Crippen LogP contribution in [0.4, 0.5) is 11.9 Å². The summed E-state index contributed by atoms with van der Waals surface area (Å²) in [6, 6.07) is 1.05. The molecule has 2 N–H and O–H groups in total. The molecule has 2 fully saturated rings. The minimum Gasteiger partial charge on any atom is -0.357 e. The van der Waals surface area contributed by atoms with Crippen LogP contribution in [0.25, 0.3) is 0 Å². The van der Waals surface area contributed by atoms with Crippen LogP contribution in [-0.4, -0.2) is 52.1 Å². The Kier molecular flexibility index (Phi) is 3.22. The molecule has 6 nitrogen and oxygen atoms in total. The molecule has 0 bridgehead atoms. The van der Waals surface area contributed by atoms with Crippen LogP contribution in [0.3, 0.4) is 0 Å². The van der Waals surface area contributed by atoms with E-state index in [1.807, 2.05) is 0 Å². The Morgan fingerprint density at radius 2 is 2.00 bits per heavy atom. The zero-order chi connectivity index (χ0) is 12.5. The average Bonchev–Trinajstić information content (AvgIpc) is 2.93. The first-order valence-electron chi connectivity index (χ1n) is 6.36. The molecule has 2 aliphatic rings. The highest BCUT2D eigenvalue weighted by Crippen LogP contribution is 2.29. The van der Waals surface area contributed by atoms with Gasteiger partial charge in [-0.25, -0.2) is 0 Å². The topological polar surface area (TPSA) is 66.0 Å². The Morgan fingerprint density at radius 1 is 1.17 bits per heavy atom. The van der Waals surface area contributed by atoms with Crippen molar-refractivity contribution in [3.05, 3.63) is 5.28 Å². The van der Waals surface area contributed by atoms with Gasteiger partial charge in [0.05, 0.1) is 0 Å². The van der Waals surface area contributed by atoms with Gasteiger partial charge in [0.25, 0.3) is 0 Å². The molecule has 0 amide bonds. The zero-order valence-electron chi connectivity index (χ0n) is 10.4. The smallest absolute Gasteiger partial charge is 0.229 e. The molecule has 7 heteroatoms. The number of rotatable bonds is 3. The van der Waals surface area contributed by atoms with Crippen molar-refractivity contribution in [2.75, 3.05) is 30.8 Å². The maximum atomic E-state index is 5.87. The van der Waals surface area contributed by atoms with Gasteiger partial charge in [-0.05, 0) is 37.4 Å². The van der Waals surface area contributed by atoms with E-state index in [2.05, 4.69) is 30.5 Å². The summed E-state index contributed by atoms with van der Waals surface area (Å²) < 4.78 is 0. The molecule has 0 radical (unpaired) electrons. The van der Waals surface area contributed by atoms with Crippen LogP contribution in [0.2, 0.25) is 5.28 Å². The van der Waals surface area contributed by atoms with Gasteiger partial charge in [0, 0.05) is 25.7 Å². The van der Waals surface area contributed by atoms with E-state index in [0.717, 1.165) is 6.42 Å². The van der Waals surface area contributed by atoms with Crippen molar-refractivity contribution in [2.24, 2.45) is 0 Å². The minimum absolute atomic E-state index is 0.220. The number of hydrogen-bond donors (Lipinski definition) is 2. The van der Waals surface area contributed by atoms with E-state index >= 15 is 0 Å². The number of halogens is 1. The normalized spacial score (nSPS) is 27.2. The molecule has 0 saturated carbocycles. The van der Waals surface area contributed by atoms with Crippen LogP contribution in [-0.2, 0) is 0 Å². The molecule has 98 valence electrons. The molecule has 3 heterocycles. The van der Waals surface area contributed by atoms with Crippen molar-refractivity contribution < 1.29 is 0 Å². The fourth-order valence-electron chi connectivity index (χ4n) is 2.94. The fraction of sp³-hybridized carbons (Fsp3) is 0.727. The first-order valence-corrected chi connectivity index (χ1v) is 6.74. The van der Waals surface area contributed by atoms with Crippen LogP contribution in [0, 0.1) is 0 Å². The van der Waals surface area contributed by atoms with Crippen molar-refractivity contribution in [2.45, 2.75) is 31.3 Å². The average molecular weight is 269 g/mol. The van der Waals surface area contributed by atoms with Crippen LogP contribution >= 0.6 is 11.6 Å². The monoisotopic (exact) mass is 268 g/mol. The molecule has 3 rings (SSSR count). The van der Waals surface area contributed by atoms with Crippen molar-refractivity contribution >= 4 is 23.5 Å². The van der Waals surface area contributed by atoms with Crippen LogP contribution in [0.5, 0.6) is 0 Å². The lowest BCUT2D eigenvalue weighted by Gasteiger charge is -2.21. The quantitative estimate of drug-likeness (QED) is 0.859. The Hall–Kier alpha value is -1.14. The van der Waals surface area contributed by atoms with Gasteiger partial charge >= 0.3 is 0 Å². The van der Waals surface area contributed by atoms with E-state index in [9.17, 15) is 0 Å². The van der Waals surface area contributed by atoms with E-state index in [1.165, 1.54) is 25.9 Å². The lowest BCUT2D eigenvalue weighted by Crippen LogP contribution is -2.34. The van der Waals surface area contributed by atoms with Crippen molar-refractivity contribution in [3.63, 3.8) is 0 Å². The third kappa shape index (κ3) is 2.22. The van der Waals surface area contributed by atoms with Gasteiger partial charge in [-0.1, -0.05) is 0 Å². The molecule has 0 spiro atoms. The second kappa shape index (κ2) is 4.85. The fourth-order valence-corrected chi connectivity index (χ4v) is 3.10. The van der Waals surface area contributed by atoms with Crippen molar-refractivity contribution in [1.82, 2.24) is 19.9 Å². The summed E-state index contributed by atoms with van der Waals surface area (Å²) in [4.78, 5) is 14.9. The first kappa shape index (κ1) is 11.9. The lowest BCUT2D eigenvalue weighted by molar-refractivity contribution is 0.318. The van der Waals surface area contributed by atoms with Gasteiger partial charge in [-0.3, -0.25) is 4.90 Å². The molecule has 2 aliphatic heterocycles. The predicted octanol–water partition coefficient (Wildman–Crippen LogP) is 1.22. The van der Waals surface area contributed by atoms with Crippen LogP contribution < -0.4 is 10.6 Å². The Morgan fingerprint density at radius 3 is 2.83 bits per heavy atom. The summed E-state index contributed by atoms with van der Waals surface area (Å²) in [7, 11) is 1.77. The summed E-state index contributed by atoms with van der Waals surface area (Å²) in [5.41, 5.74) is 0. The predicted molar refractivity (Wildman–Crippen MR) is 71.0 cm³/mol. The third-order valence-electron chi connectivity index (χ3n) is 3.75. The maximum Gasteiger partial charge on any atom is 0.229 e. The molecule has 0 aliphatic carbocycles. The number of fused-ring (bicyclic) bond motifs is 1. The second-order valence-corrected chi connectivity index (χ2v) is 5.12. The number of anilines is 2. The van der Waals surface area contributed by atoms with Gasteiger partial charge in [0.15, 0.2) is 0 Å². The van der Waals surface area contributed by atoms with Gasteiger partial charge in [-0.15, -0.1) is 0 Å². The third-order valence-corrected chi connectivity index (χ3v) is 3.92. The van der Waals surface area contributed by atoms with Crippen molar-refractivity contribution in [3.8, 4) is 0 Å². The van der Waals surface area contributed by atoms with E-state index in [4.69, 9.17) is 11.6 Å². The van der Waals surface area contributed by atoms with Crippen molar-refractivity contribution in [1.29, 1.82) is 0 Å². The summed E-state index contributed by atoms with van der Waals surface area (Å²) >= 11 is 5.87. The highest BCUT2D eigenvalue weighted by atomic mass is 35.5. The summed E-state index contributed by atoms with van der Waals surface area (Å²) in [5.74, 6) is 1.07. The van der Waals surface area contributed by atoms with E-state index < -0.39 is 0 Å². The van der Waals surface area contributed by atoms with Gasteiger partial charge in [0.1, 0.15) is 0 Å². The highest BCUT2D eigenvalue weighted by Gasteiger charge is 2.37. The maximum absolute atomic E-state index is 5.87. The molecule has 1 aromatic heterocycles. The Bertz CT molecular complexity index is 440. The molecular weight excluding hydrogens is 252 g/mol. The van der Waals surface area contributed by atoms with E-state index in [1.54, 1.807) is 7.05 Å². The first-order chi connectivity index (χ1) is 8.76. The molecule has 2 atom stereocenters. The summed E-state index contributed by atoms with van der Waals surface area (Å²) in [6.45, 7) is 2.39. The number of nitrogens with one attached hydrogen (secondary N) is 2. The van der Waals surface area contributed by atoms with Crippen LogP contribution in [0.1, 0.15) is 19.3 Å². The molecule has 1 aromatic rings. The van der Waals surface area contributed by atoms with Gasteiger partial charge in [0.2, 0.25) is 17.2 Å². The molecule has 0 aromatic carbocycles. The molecule has 2 saturated heterocycles. The lowest BCUT2D eigenvalue weighted by atomic mass is 10.1. The largest absolute Gasteiger partial charge is 0.357 e. The van der Waals surface area contributed by atoms with E-state index in [0.29, 0.717) is 24.0 Å². The molecule has 18 heavy (non-hydrogen) atoms. The standard InChI is InChI=1S/C11H17ClN6/c1-13-10-15-9(12)16-11(17-10)14-7-4-6-18-5-2-3-8(7)18/h7-8H,2-6H2,1H3,(H2,13,14,15,16,17). The SMILES string of the molecule is CNc1nc(Cl)nc(NC2CCN3CCCC23)n1. The van der Waals surface area contributed by atoms with E-state index in [-0.39, 0.29) is 5.28 Å². The number of aromatic nitrogens is 3. The van der Waals surface area contributed by atoms with Gasteiger partial charge in [-0.2, -0.15) is 15.0 Å². The molecule has 2 unspecified atom stereocenters. The Labute approximate surface area is 111 Å². The van der Waals surface area contributed by atoms with Crippen LogP contribution in [0.15, 0.2) is 0 Å². The second-order valence-electron chi connectivity index (χ2n) is 4.79. The highest BCUT2D eigenvalue weighted by molar-refractivity contribution is 6.28. The number of nitrogens with zero attached hydrogens (tertiary/aromatic N) is 4. The Balaban J connectivity index is 1.74.